The number of nitrogens with zero attached hydrogens (tertiary/aromatic N) is 2. The van der Waals surface area contributed by atoms with Crippen molar-refractivity contribution in [3.05, 3.63) is 107 Å². The van der Waals surface area contributed by atoms with E-state index < -0.39 is 0 Å². The Bertz CT molecular complexity index is 1200. The van der Waals surface area contributed by atoms with Gasteiger partial charge < -0.3 is 10.2 Å². The van der Waals surface area contributed by atoms with Gasteiger partial charge >= 0.3 is 0 Å². The van der Waals surface area contributed by atoms with Crippen molar-refractivity contribution in [1.82, 2.24) is 15.1 Å². The topological polar surface area (TPSA) is 52.7 Å². The molecular formula is C33H40FN3O2. The van der Waals surface area contributed by atoms with Crippen molar-refractivity contribution in [3.8, 4) is 0 Å². The van der Waals surface area contributed by atoms with Crippen LogP contribution in [0.5, 0.6) is 0 Å². The number of likely N-dealkylation sites (tertiary alicyclic amines) is 1. The Hall–Kier alpha value is -3.51. The number of piperidine rings is 1. The summed E-state index contributed by atoms with van der Waals surface area (Å²) < 4.78 is 13.3. The molecule has 1 aliphatic rings. The molecular weight excluding hydrogens is 489 g/mol. The third-order valence-electron chi connectivity index (χ3n) is 7.77. The highest BCUT2D eigenvalue weighted by Gasteiger charge is 2.31. The lowest BCUT2D eigenvalue weighted by atomic mass is 9.96. The summed E-state index contributed by atoms with van der Waals surface area (Å²) in [6.45, 7) is 7.68. The van der Waals surface area contributed by atoms with Gasteiger partial charge in [0.25, 0.3) is 5.91 Å². The van der Waals surface area contributed by atoms with Crippen LogP contribution in [0.15, 0.2) is 78.9 Å². The summed E-state index contributed by atoms with van der Waals surface area (Å²) in [5.74, 6) is -0.131. The molecule has 1 fully saturated rings. The first-order chi connectivity index (χ1) is 19.0. The number of halogens is 1. The third-order valence-corrected chi connectivity index (χ3v) is 7.77. The molecule has 1 aliphatic heterocycles. The van der Waals surface area contributed by atoms with Crippen LogP contribution in [0, 0.1) is 11.7 Å². The number of amides is 2. The van der Waals surface area contributed by atoms with Crippen molar-refractivity contribution < 1.29 is 14.0 Å². The molecule has 1 saturated heterocycles. The fourth-order valence-corrected chi connectivity index (χ4v) is 5.38. The highest BCUT2D eigenvalue weighted by molar-refractivity contribution is 5.94. The Labute approximate surface area is 232 Å². The molecule has 0 aliphatic carbocycles. The molecule has 3 aromatic rings. The molecule has 206 valence electrons. The van der Waals surface area contributed by atoms with Gasteiger partial charge in [-0.1, -0.05) is 68.4 Å². The number of rotatable bonds is 11. The highest BCUT2D eigenvalue weighted by Crippen LogP contribution is 2.25. The predicted molar refractivity (Wildman–Crippen MR) is 153 cm³/mol. The summed E-state index contributed by atoms with van der Waals surface area (Å²) in [6.07, 6.45) is 3.42. The van der Waals surface area contributed by atoms with Gasteiger partial charge in [0.1, 0.15) is 5.82 Å². The first-order valence-corrected chi connectivity index (χ1v) is 14.1. The lowest BCUT2D eigenvalue weighted by Gasteiger charge is -2.40. The van der Waals surface area contributed by atoms with Crippen LogP contribution >= 0.6 is 0 Å². The number of carbonyl (C=O) groups excluding carboxylic acids is 2. The summed E-state index contributed by atoms with van der Waals surface area (Å²) in [7, 11) is 0. The van der Waals surface area contributed by atoms with Crippen LogP contribution in [0.3, 0.4) is 0 Å². The fraction of sp³-hybridized carbons (Fsp3) is 0.394. The van der Waals surface area contributed by atoms with Crippen molar-refractivity contribution in [2.24, 2.45) is 5.92 Å². The van der Waals surface area contributed by atoms with E-state index in [4.69, 9.17) is 0 Å². The van der Waals surface area contributed by atoms with Crippen LogP contribution in [0.25, 0.3) is 0 Å². The van der Waals surface area contributed by atoms with Gasteiger partial charge in [0.15, 0.2) is 0 Å². The lowest BCUT2D eigenvalue weighted by molar-refractivity contribution is -0.140. The van der Waals surface area contributed by atoms with E-state index in [2.05, 4.69) is 29.0 Å². The Morgan fingerprint density at radius 2 is 1.56 bits per heavy atom. The zero-order chi connectivity index (χ0) is 27.6. The zero-order valence-corrected chi connectivity index (χ0v) is 23.1. The van der Waals surface area contributed by atoms with Crippen LogP contribution in [-0.2, 0) is 24.4 Å². The molecule has 0 bridgehead atoms. The molecule has 0 saturated carbocycles. The molecule has 1 N–H and O–H groups in total. The molecule has 0 spiro atoms. The maximum absolute atomic E-state index is 13.7. The molecule has 0 aromatic heterocycles. The average Bonchev–Trinajstić information content (AvgIpc) is 2.97. The Morgan fingerprint density at radius 1 is 0.897 bits per heavy atom. The molecule has 2 amide bonds. The van der Waals surface area contributed by atoms with Crippen molar-refractivity contribution in [2.45, 2.75) is 65.2 Å². The lowest BCUT2D eigenvalue weighted by Crippen LogP contribution is -2.48. The van der Waals surface area contributed by atoms with Crippen molar-refractivity contribution in [2.75, 3.05) is 13.1 Å². The van der Waals surface area contributed by atoms with Crippen LogP contribution < -0.4 is 5.32 Å². The highest BCUT2D eigenvalue weighted by atomic mass is 19.1. The number of benzene rings is 3. The van der Waals surface area contributed by atoms with Gasteiger partial charge in [-0.15, -0.1) is 0 Å². The molecule has 0 unspecified atom stereocenters. The number of hydrogen-bond donors (Lipinski definition) is 1. The van der Waals surface area contributed by atoms with Gasteiger partial charge in [-0.3, -0.25) is 14.5 Å². The molecule has 0 radical (unpaired) electrons. The van der Waals surface area contributed by atoms with Gasteiger partial charge in [-0.05, 0) is 66.6 Å². The maximum Gasteiger partial charge on any atom is 0.251 e. The first-order valence-electron chi connectivity index (χ1n) is 14.1. The molecule has 6 heteroatoms. The van der Waals surface area contributed by atoms with Gasteiger partial charge in [-0.25, -0.2) is 4.39 Å². The molecule has 39 heavy (non-hydrogen) atoms. The SMILES string of the molecule is CCC(CC)C(=O)N(Cc1cccc(C(=O)NCc2ccccc2)c1)C1CCN(Cc2ccc(F)cc2)CC1. The van der Waals surface area contributed by atoms with Gasteiger partial charge in [0.05, 0.1) is 0 Å². The summed E-state index contributed by atoms with van der Waals surface area (Å²) in [5, 5.41) is 3.00. The standard InChI is InChI=1S/C33H40FN3O2/c1-3-28(4-2)33(39)37(31-17-19-36(20-18-31)23-26-13-15-30(34)16-14-26)24-27-11-8-12-29(21-27)32(38)35-22-25-9-6-5-7-10-25/h5-16,21,28,31H,3-4,17-20,22-24H2,1-2H3,(H,35,38). The van der Waals surface area contributed by atoms with E-state index >= 15 is 0 Å². The first kappa shape index (κ1) is 28.5. The van der Waals surface area contributed by atoms with Crippen molar-refractivity contribution in [1.29, 1.82) is 0 Å². The van der Waals surface area contributed by atoms with E-state index in [1.807, 2.05) is 66.7 Å². The number of hydrogen-bond acceptors (Lipinski definition) is 3. The van der Waals surface area contributed by atoms with Crippen LogP contribution in [0.4, 0.5) is 4.39 Å². The number of nitrogens with one attached hydrogen (secondary N) is 1. The zero-order valence-electron chi connectivity index (χ0n) is 23.1. The van der Waals surface area contributed by atoms with Crippen molar-refractivity contribution >= 4 is 11.8 Å². The molecule has 3 aromatic carbocycles. The normalized spacial score (nSPS) is 14.4. The van der Waals surface area contributed by atoms with E-state index in [1.165, 1.54) is 12.1 Å². The van der Waals surface area contributed by atoms with E-state index in [9.17, 15) is 14.0 Å². The van der Waals surface area contributed by atoms with Crippen LogP contribution in [0.1, 0.15) is 66.6 Å². The summed E-state index contributed by atoms with van der Waals surface area (Å²) in [6, 6.07) is 24.3. The summed E-state index contributed by atoms with van der Waals surface area (Å²) in [4.78, 5) is 31.0. The largest absolute Gasteiger partial charge is 0.348 e. The monoisotopic (exact) mass is 529 g/mol. The minimum absolute atomic E-state index is 0.000372. The van der Waals surface area contributed by atoms with E-state index in [1.54, 1.807) is 0 Å². The van der Waals surface area contributed by atoms with Gasteiger partial charge in [0, 0.05) is 50.2 Å². The minimum atomic E-state index is -0.217. The van der Waals surface area contributed by atoms with Gasteiger partial charge in [-0.2, -0.15) is 0 Å². The smallest absolute Gasteiger partial charge is 0.251 e. The summed E-state index contributed by atoms with van der Waals surface area (Å²) >= 11 is 0. The molecule has 0 atom stereocenters. The predicted octanol–water partition coefficient (Wildman–Crippen LogP) is 6.19. The van der Waals surface area contributed by atoms with E-state index in [0.29, 0.717) is 18.7 Å². The fourth-order valence-electron chi connectivity index (χ4n) is 5.38. The van der Waals surface area contributed by atoms with Crippen LogP contribution in [-0.4, -0.2) is 40.7 Å². The second-order valence-corrected chi connectivity index (χ2v) is 10.5. The van der Waals surface area contributed by atoms with Crippen LogP contribution in [0.2, 0.25) is 0 Å². The van der Waals surface area contributed by atoms with E-state index in [-0.39, 0.29) is 29.6 Å². The second kappa shape index (κ2) is 14.0. The Kier molecular flexibility index (Phi) is 10.3. The minimum Gasteiger partial charge on any atom is -0.348 e. The molecule has 5 nitrogen and oxygen atoms in total. The maximum atomic E-state index is 13.7. The van der Waals surface area contributed by atoms with Crippen molar-refractivity contribution in [3.63, 3.8) is 0 Å². The Balaban J connectivity index is 1.42. The molecule has 1 heterocycles. The Morgan fingerprint density at radius 3 is 2.23 bits per heavy atom. The summed E-state index contributed by atoms with van der Waals surface area (Å²) in [5.41, 5.74) is 3.72. The second-order valence-electron chi connectivity index (χ2n) is 10.5. The van der Waals surface area contributed by atoms with E-state index in [0.717, 1.165) is 62.0 Å². The van der Waals surface area contributed by atoms with Gasteiger partial charge in [0.2, 0.25) is 5.91 Å². The number of carbonyl (C=O) groups is 2. The molecule has 4 rings (SSSR count). The average molecular weight is 530 g/mol. The third kappa shape index (κ3) is 7.99. The quantitative estimate of drug-likeness (QED) is 0.323.